The van der Waals surface area contributed by atoms with E-state index in [4.69, 9.17) is 39.6 Å². The molecule has 0 bridgehead atoms. The van der Waals surface area contributed by atoms with E-state index in [0.29, 0.717) is 6.42 Å². The van der Waals surface area contributed by atoms with Gasteiger partial charge in [0.25, 0.3) is 0 Å². The van der Waals surface area contributed by atoms with E-state index in [2.05, 4.69) is 46.0 Å². The van der Waals surface area contributed by atoms with Gasteiger partial charge in [0.1, 0.15) is 0 Å². The van der Waals surface area contributed by atoms with Gasteiger partial charge in [0, 0.05) is 33.6 Å². The summed E-state index contributed by atoms with van der Waals surface area (Å²) in [5.74, 6) is 0. The summed E-state index contributed by atoms with van der Waals surface area (Å²) in [4.78, 5) is 0. The molecule has 0 aromatic carbocycles. The van der Waals surface area contributed by atoms with Crippen molar-refractivity contribution in [1.82, 2.24) is 0 Å². The van der Waals surface area contributed by atoms with Crippen LogP contribution in [0.4, 0.5) is 0 Å². The second-order valence-electron chi connectivity index (χ2n) is 1.09. The van der Waals surface area contributed by atoms with Gasteiger partial charge >= 0.3 is 67.8 Å². The topological polar surface area (TPSA) is 140 Å². The zero-order valence-corrected chi connectivity index (χ0v) is 12.0. The molecular weight excluding hydrogens is 362 g/mol. The Morgan fingerprint density at radius 3 is 0.950 bits per heavy atom. The van der Waals surface area contributed by atoms with Crippen molar-refractivity contribution in [2.75, 3.05) is 0 Å². The Hall–Kier alpha value is -0.847. The first kappa shape index (κ1) is 61.2. The fourth-order valence-corrected chi connectivity index (χ4v) is 0.118. The molecule has 0 spiro atoms. The van der Waals surface area contributed by atoms with Crippen molar-refractivity contribution in [2.24, 2.45) is 0 Å². The van der Waals surface area contributed by atoms with Crippen molar-refractivity contribution < 1.29 is 66.6 Å². The summed E-state index contributed by atoms with van der Waals surface area (Å²) in [6, 6.07) is 0. The molecule has 0 saturated heterocycles. The Labute approximate surface area is 138 Å². The molecule has 20 heavy (non-hydrogen) atoms. The monoisotopic (exact) mass is 370 g/mol. The van der Waals surface area contributed by atoms with E-state index >= 15 is 0 Å². The summed E-state index contributed by atoms with van der Waals surface area (Å²) in [7, 11) is 0. The second kappa shape index (κ2) is 310. The van der Waals surface area contributed by atoms with Crippen molar-refractivity contribution >= 4 is 0 Å². The van der Waals surface area contributed by atoms with Crippen molar-refractivity contribution in [1.29, 1.82) is 0 Å². The summed E-state index contributed by atoms with van der Waals surface area (Å²) in [5.41, 5.74) is 0. The minimum atomic E-state index is -0.537. The van der Waals surface area contributed by atoms with Gasteiger partial charge in [-0.25, -0.2) is 0 Å². The first-order valence-corrected chi connectivity index (χ1v) is 3.18. The predicted octanol–water partition coefficient (Wildman–Crippen LogP) is 0.320. The first-order valence-electron chi connectivity index (χ1n) is 3.18. The van der Waals surface area contributed by atoms with Gasteiger partial charge in [0.15, 0.2) is 0 Å². The third-order valence-corrected chi connectivity index (χ3v) is 0.579. The van der Waals surface area contributed by atoms with Gasteiger partial charge in [-0.15, -0.1) is 0 Å². The van der Waals surface area contributed by atoms with Crippen LogP contribution < -0.4 is 0 Å². The summed E-state index contributed by atoms with van der Waals surface area (Å²) in [6.45, 7) is 33.6. The van der Waals surface area contributed by atoms with Gasteiger partial charge in [0.05, 0.1) is 6.10 Å². The minimum absolute atomic E-state index is 0. The van der Waals surface area contributed by atoms with Crippen molar-refractivity contribution in [2.45, 2.75) is 19.4 Å². The predicted molar refractivity (Wildman–Crippen MR) is 47.4 cm³/mol. The maximum atomic E-state index is 8.43. The molecule has 0 aromatic rings. The quantitative estimate of drug-likeness (QED) is 0.543. The summed E-state index contributed by atoms with van der Waals surface area (Å²) in [6.07, 6.45) is 2.28. The Morgan fingerprint density at radius 2 is 0.950 bits per heavy atom. The summed E-state index contributed by atoms with van der Waals surface area (Å²) < 4.78 is 45.0. The van der Waals surface area contributed by atoms with Crippen molar-refractivity contribution in [3.63, 3.8) is 0 Å². The molecule has 0 aliphatic heterocycles. The SMILES string of the molecule is [C-]#[O+].[C-]#[O+].[C-]#[O+].[C-]#[O+].[C-]#[O+].[C-]#[O+].[CH]=[C]C(O)CC.[Co].[Co]. The first-order chi connectivity index (χ1) is 8.81. The average molecular weight is 370 g/mol. The van der Waals surface area contributed by atoms with E-state index in [1.807, 2.05) is 6.92 Å². The molecular formula is C11H8Co2O7. The molecule has 0 saturated carbocycles. The van der Waals surface area contributed by atoms with Gasteiger partial charge in [-0.3, -0.25) is 0 Å². The van der Waals surface area contributed by atoms with E-state index in [1.165, 1.54) is 0 Å². The van der Waals surface area contributed by atoms with Gasteiger partial charge < -0.3 is 5.11 Å². The van der Waals surface area contributed by atoms with Crippen LogP contribution in [0.15, 0.2) is 0 Å². The Morgan fingerprint density at radius 1 is 0.800 bits per heavy atom. The fraction of sp³-hybridized carbons (Fsp3) is 0.273. The van der Waals surface area contributed by atoms with Crippen LogP contribution in [-0.4, -0.2) is 11.2 Å². The van der Waals surface area contributed by atoms with Gasteiger partial charge in [-0.1, -0.05) is 13.5 Å². The molecule has 0 heterocycles. The third-order valence-electron chi connectivity index (χ3n) is 0.579. The van der Waals surface area contributed by atoms with E-state index < -0.39 is 6.10 Å². The van der Waals surface area contributed by atoms with Crippen LogP contribution in [0.1, 0.15) is 13.3 Å². The van der Waals surface area contributed by atoms with Crippen LogP contribution in [0.25, 0.3) is 0 Å². The van der Waals surface area contributed by atoms with Gasteiger partial charge in [-0.2, -0.15) is 0 Å². The molecule has 0 aliphatic carbocycles. The third kappa shape index (κ3) is 450. The van der Waals surface area contributed by atoms with Crippen LogP contribution >= 0.6 is 0 Å². The normalized spacial score (nSPS) is 4.70. The molecule has 9 heteroatoms. The molecule has 112 valence electrons. The molecule has 0 aromatic heterocycles. The number of hydrogen-bond donors (Lipinski definition) is 1. The number of hydrogen-bond acceptors (Lipinski definition) is 1. The van der Waals surface area contributed by atoms with Crippen molar-refractivity contribution in [3.05, 3.63) is 52.6 Å². The largest absolute Gasteiger partial charge is 0.388 e. The molecule has 1 N–H and O–H groups in total. The van der Waals surface area contributed by atoms with E-state index in [0.717, 1.165) is 0 Å². The van der Waals surface area contributed by atoms with Crippen LogP contribution in [0.2, 0.25) is 0 Å². The van der Waals surface area contributed by atoms with Gasteiger partial charge in [0.2, 0.25) is 0 Å². The summed E-state index contributed by atoms with van der Waals surface area (Å²) >= 11 is 0. The molecule has 0 rings (SSSR count). The van der Waals surface area contributed by atoms with Crippen LogP contribution in [0, 0.1) is 52.6 Å². The maximum absolute atomic E-state index is 8.43. The van der Waals surface area contributed by atoms with Gasteiger partial charge in [-0.05, 0) is 12.5 Å². The molecule has 0 fully saturated rings. The maximum Gasteiger partial charge on any atom is 0.0791 e. The number of aliphatic hydroxyl groups excluding tert-OH is 1. The molecule has 1 atom stereocenters. The minimum Gasteiger partial charge on any atom is -0.388 e. The molecule has 7 nitrogen and oxygen atoms in total. The zero-order valence-electron chi connectivity index (χ0n) is 9.93. The number of rotatable bonds is 2. The zero-order chi connectivity index (χ0) is 17.0. The summed E-state index contributed by atoms with van der Waals surface area (Å²) in [5, 5.41) is 8.43. The van der Waals surface area contributed by atoms with E-state index in [9.17, 15) is 0 Å². The molecule has 1 unspecified atom stereocenters. The Balaban J connectivity index is -0.0000000109. The number of aliphatic hydroxyl groups is 1. The fourth-order valence-electron chi connectivity index (χ4n) is 0.118. The van der Waals surface area contributed by atoms with E-state index in [1.54, 1.807) is 0 Å². The van der Waals surface area contributed by atoms with Crippen LogP contribution in [0.3, 0.4) is 0 Å². The second-order valence-corrected chi connectivity index (χ2v) is 1.09. The smallest absolute Gasteiger partial charge is 0.0791 e. The van der Waals surface area contributed by atoms with Crippen LogP contribution in [-0.2, 0) is 61.5 Å². The molecule has 0 amide bonds. The Kier molecular flexibility index (Phi) is 948. The molecule has 4 radical (unpaired) electrons. The average Bonchev–Trinajstić information content (AvgIpc) is 2.57. The van der Waals surface area contributed by atoms with Crippen LogP contribution in [0.5, 0.6) is 0 Å². The molecule has 0 aliphatic rings. The Bertz CT molecular complexity index is 182. The standard InChI is InChI=1S/C5H8O.6CO.2Co/c1-3-5(6)4-2;6*1-2;;/h1,5-6H,4H2,2H3;;;;;;;;. The van der Waals surface area contributed by atoms with E-state index in [-0.39, 0.29) is 33.6 Å². The van der Waals surface area contributed by atoms with Crippen molar-refractivity contribution in [3.8, 4) is 0 Å².